The Morgan fingerprint density at radius 2 is 1.48 bits per heavy atom. The summed E-state index contributed by atoms with van der Waals surface area (Å²) in [5.74, 6) is 1.81. The molecule has 0 aliphatic carbocycles. The van der Waals surface area contributed by atoms with E-state index in [1.165, 1.54) is 32.1 Å². The molecule has 0 fully saturated rings. The van der Waals surface area contributed by atoms with Crippen molar-refractivity contribution in [2.45, 2.75) is 85.5 Å². The molecule has 0 heterocycles. The Hall–Kier alpha value is -1.18. The number of rotatable bonds is 11. The van der Waals surface area contributed by atoms with Crippen LogP contribution in [0.2, 0.25) is 0 Å². The molecule has 0 saturated carbocycles. The summed E-state index contributed by atoms with van der Waals surface area (Å²) < 4.78 is 0. The van der Waals surface area contributed by atoms with E-state index < -0.39 is 0 Å². The first-order valence-electron chi connectivity index (χ1n) is 9.47. The minimum atomic E-state index is 0.269. The quantitative estimate of drug-likeness (QED) is 0.475. The Kier molecular flexibility index (Phi) is 9.13. The zero-order valence-electron chi connectivity index (χ0n) is 15.6. The number of hydrogen-bond donors (Lipinski definition) is 2. The molecule has 0 amide bonds. The van der Waals surface area contributed by atoms with Crippen LogP contribution in [0.4, 0.5) is 0 Å². The van der Waals surface area contributed by atoms with E-state index in [0.717, 1.165) is 42.7 Å². The molecule has 2 N–H and O–H groups in total. The fraction of sp³-hybridized carbons (Fsp3) is 0.714. The van der Waals surface area contributed by atoms with Crippen molar-refractivity contribution < 1.29 is 10.2 Å². The van der Waals surface area contributed by atoms with Gasteiger partial charge in [-0.05, 0) is 48.8 Å². The van der Waals surface area contributed by atoms with Crippen molar-refractivity contribution in [2.75, 3.05) is 0 Å². The van der Waals surface area contributed by atoms with Gasteiger partial charge in [0.15, 0.2) is 0 Å². The summed E-state index contributed by atoms with van der Waals surface area (Å²) in [5, 5.41) is 20.5. The molecule has 0 saturated heterocycles. The maximum atomic E-state index is 10.3. The summed E-state index contributed by atoms with van der Waals surface area (Å²) in [6.45, 7) is 8.92. The molecule has 0 spiro atoms. The fourth-order valence-corrected chi connectivity index (χ4v) is 3.13. The lowest BCUT2D eigenvalue weighted by atomic mass is 9.92. The van der Waals surface area contributed by atoms with Gasteiger partial charge in [0.25, 0.3) is 0 Å². The fourth-order valence-electron chi connectivity index (χ4n) is 3.13. The van der Waals surface area contributed by atoms with Crippen molar-refractivity contribution in [1.29, 1.82) is 0 Å². The van der Waals surface area contributed by atoms with Crippen molar-refractivity contribution in [1.82, 2.24) is 0 Å². The Morgan fingerprint density at radius 3 is 2.04 bits per heavy atom. The third-order valence-electron chi connectivity index (χ3n) is 4.61. The highest BCUT2D eigenvalue weighted by molar-refractivity contribution is 5.46. The smallest absolute Gasteiger partial charge is 0.122 e. The number of aryl methyl sites for hydroxylation is 1. The van der Waals surface area contributed by atoms with Crippen molar-refractivity contribution in [3.05, 3.63) is 23.3 Å². The van der Waals surface area contributed by atoms with Crippen LogP contribution in [0, 0.1) is 11.8 Å². The van der Waals surface area contributed by atoms with E-state index in [9.17, 15) is 10.2 Å². The van der Waals surface area contributed by atoms with Crippen LogP contribution in [0.3, 0.4) is 0 Å². The van der Waals surface area contributed by atoms with E-state index >= 15 is 0 Å². The molecule has 1 unspecified atom stereocenters. The molecule has 1 rings (SSSR count). The number of phenols is 2. The van der Waals surface area contributed by atoms with Crippen molar-refractivity contribution in [2.24, 2.45) is 11.8 Å². The molecule has 1 atom stereocenters. The number of aromatic hydroxyl groups is 2. The molecular formula is C21H36O2. The minimum Gasteiger partial charge on any atom is -0.508 e. The van der Waals surface area contributed by atoms with Gasteiger partial charge in [0, 0.05) is 5.56 Å². The molecule has 0 aliphatic heterocycles. The van der Waals surface area contributed by atoms with Crippen LogP contribution >= 0.6 is 0 Å². The van der Waals surface area contributed by atoms with Gasteiger partial charge in [-0.15, -0.1) is 0 Å². The summed E-state index contributed by atoms with van der Waals surface area (Å²) in [4.78, 5) is 0. The molecule has 0 radical (unpaired) electrons. The first kappa shape index (κ1) is 19.9. The third-order valence-corrected chi connectivity index (χ3v) is 4.61. The lowest BCUT2D eigenvalue weighted by Crippen LogP contribution is -2.02. The first-order valence-corrected chi connectivity index (χ1v) is 9.47. The lowest BCUT2D eigenvalue weighted by Gasteiger charge is -2.15. The molecule has 2 heteroatoms. The highest BCUT2D eigenvalue weighted by Gasteiger charge is 2.13. The highest BCUT2D eigenvalue weighted by Crippen LogP contribution is 2.32. The van der Waals surface area contributed by atoms with Gasteiger partial charge < -0.3 is 10.2 Å². The van der Waals surface area contributed by atoms with Gasteiger partial charge in [0.1, 0.15) is 11.5 Å². The van der Waals surface area contributed by atoms with Crippen molar-refractivity contribution >= 4 is 0 Å². The maximum absolute atomic E-state index is 10.3. The van der Waals surface area contributed by atoms with Gasteiger partial charge in [0.05, 0.1) is 0 Å². The summed E-state index contributed by atoms with van der Waals surface area (Å²) >= 11 is 0. The Bertz CT molecular complexity index is 428. The molecule has 0 aliphatic rings. The number of benzene rings is 1. The molecule has 0 aromatic heterocycles. The summed E-state index contributed by atoms with van der Waals surface area (Å²) in [6, 6.07) is 3.69. The second-order valence-electron chi connectivity index (χ2n) is 7.56. The molecule has 1 aromatic carbocycles. The van der Waals surface area contributed by atoms with Gasteiger partial charge in [0.2, 0.25) is 0 Å². The van der Waals surface area contributed by atoms with Gasteiger partial charge in [-0.3, -0.25) is 0 Å². The summed E-state index contributed by atoms with van der Waals surface area (Å²) in [6.07, 6.45) is 10.1. The predicted octanol–water partition coefficient (Wildman–Crippen LogP) is 6.23. The first-order chi connectivity index (χ1) is 10.9. The standard InChI is InChI=1S/C21H36O2/c1-5-6-7-12-18-14-20(22)19(21(23)15-18)13-17(4)11-9-8-10-16(2)3/h14-17,22-23H,5-13H2,1-4H3. The van der Waals surface area contributed by atoms with Crippen LogP contribution in [-0.4, -0.2) is 10.2 Å². The molecule has 1 aromatic rings. The summed E-state index contributed by atoms with van der Waals surface area (Å²) in [5.41, 5.74) is 1.77. The van der Waals surface area contributed by atoms with Crippen LogP contribution in [0.5, 0.6) is 11.5 Å². The van der Waals surface area contributed by atoms with Crippen LogP contribution in [0.25, 0.3) is 0 Å². The molecular weight excluding hydrogens is 284 g/mol. The monoisotopic (exact) mass is 320 g/mol. The van der Waals surface area contributed by atoms with Crippen LogP contribution in [0.15, 0.2) is 12.1 Å². The number of hydrogen-bond acceptors (Lipinski definition) is 2. The van der Waals surface area contributed by atoms with E-state index in [-0.39, 0.29) is 11.5 Å². The normalized spacial score (nSPS) is 12.7. The maximum Gasteiger partial charge on any atom is 0.122 e. The van der Waals surface area contributed by atoms with Gasteiger partial charge in [-0.25, -0.2) is 0 Å². The molecule has 23 heavy (non-hydrogen) atoms. The third kappa shape index (κ3) is 7.76. The van der Waals surface area contributed by atoms with Gasteiger partial charge >= 0.3 is 0 Å². The van der Waals surface area contributed by atoms with Gasteiger partial charge in [-0.2, -0.15) is 0 Å². The van der Waals surface area contributed by atoms with Crippen LogP contribution in [0.1, 0.15) is 83.8 Å². The Labute approximate surface area is 142 Å². The molecule has 0 bridgehead atoms. The van der Waals surface area contributed by atoms with E-state index in [2.05, 4.69) is 27.7 Å². The van der Waals surface area contributed by atoms with Gasteiger partial charge in [-0.1, -0.05) is 66.2 Å². The lowest BCUT2D eigenvalue weighted by molar-refractivity contribution is 0.413. The molecule has 2 nitrogen and oxygen atoms in total. The Balaban J connectivity index is 2.52. The zero-order chi connectivity index (χ0) is 17.2. The number of phenolic OH excluding ortho intramolecular Hbond substituents is 2. The second-order valence-corrected chi connectivity index (χ2v) is 7.56. The average molecular weight is 321 g/mol. The van der Waals surface area contributed by atoms with E-state index in [0.29, 0.717) is 5.92 Å². The highest BCUT2D eigenvalue weighted by atomic mass is 16.3. The zero-order valence-corrected chi connectivity index (χ0v) is 15.6. The number of unbranched alkanes of at least 4 members (excludes halogenated alkanes) is 3. The molecule has 132 valence electrons. The second kappa shape index (κ2) is 10.6. The minimum absolute atomic E-state index is 0.269. The van der Waals surface area contributed by atoms with Crippen molar-refractivity contribution in [3.8, 4) is 11.5 Å². The van der Waals surface area contributed by atoms with E-state index in [1.807, 2.05) is 12.1 Å². The Morgan fingerprint density at radius 1 is 0.870 bits per heavy atom. The SMILES string of the molecule is CCCCCc1cc(O)c(CC(C)CCCCC(C)C)c(O)c1. The largest absolute Gasteiger partial charge is 0.508 e. The van der Waals surface area contributed by atoms with E-state index in [1.54, 1.807) is 0 Å². The van der Waals surface area contributed by atoms with Crippen LogP contribution in [-0.2, 0) is 12.8 Å². The predicted molar refractivity (Wildman–Crippen MR) is 99.2 cm³/mol. The van der Waals surface area contributed by atoms with Crippen molar-refractivity contribution in [3.63, 3.8) is 0 Å². The van der Waals surface area contributed by atoms with E-state index in [4.69, 9.17) is 0 Å². The topological polar surface area (TPSA) is 40.5 Å². The summed E-state index contributed by atoms with van der Waals surface area (Å²) in [7, 11) is 0. The average Bonchev–Trinajstić information content (AvgIpc) is 2.47. The van der Waals surface area contributed by atoms with Crippen LogP contribution < -0.4 is 0 Å².